The minimum Gasteiger partial charge on any atom is -0.457 e. The normalized spacial score (nSPS) is 12.3. The summed E-state index contributed by atoms with van der Waals surface area (Å²) in [4.78, 5) is 0. The van der Waals surface area contributed by atoms with Crippen LogP contribution in [0, 0.1) is 6.92 Å². The highest BCUT2D eigenvalue weighted by atomic mass is 79.9. The fourth-order valence-electron chi connectivity index (χ4n) is 1.73. The van der Waals surface area contributed by atoms with Gasteiger partial charge in [-0.2, -0.15) is 0 Å². The smallest absolute Gasteiger partial charge is 0.128 e. The number of aliphatic hydroxyl groups is 1. The highest BCUT2D eigenvalue weighted by Crippen LogP contribution is 2.31. The topological polar surface area (TPSA) is 29.5 Å². The molecule has 0 aliphatic heterocycles. The third-order valence-electron chi connectivity index (χ3n) is 2.79. The molecule has 2 aromatic carbocycles. The molecule has 0 saturated heterocycles. The van der Waals surface area contributed by atoms with Crippen molar-refractivity contribution in [1.82, 2.24) is 0 Å². The molecule has 0 fully saturated rings. The minimum absolute atomic E-state index is 0.502. The summed E-state index contributed by atoms with van der Waals surface area (Å²) in [6, 6.07) is 11.4. The number of hydrogen-bond acceptors (Lipinski definition) is 2. The quantitative estimate of drug-likeness (QED) is 0.769. The van der Waals surface area contributed by atoms with Crippen molar-refractivity contribution in [2.45, 2.75) is 20.0 Å². The summed E-state index contributed by atoms with van der Waals surface area (Å²) in [6.45, 7) is 3.75. The summed E-state index contributed by atoms with van der Waals surface area (Å²) in [7, 11) is 0. The molecule has 1 unspecified atom stereocenters. The molecule has 1 N–H and O–H groups in total. The van der Waals surface area contributed by atoms with Gasteiger partial charge in [-0.25, -0.2) is 0 Å². The van der Waals surface area contributed by atoms with E-state index in [-0.39, 0.29) is 0 Å². The second-order valence-corrected chi connectivity index (χ2v) is 6.08. The van der Waals surface area contributed by atoms with Crippen LogP contribution in [0.1, 0.15) is 24.2 Å². The molecule has 100 valence electrons. The van der Waals surface area contributed by atoms with Gasteiger partial charge in [0.1, 0.15) is 11.5 Å². The lowest BCUT2D eigenvalue weighted by Crippen LogP contribution is -1.93. The van der Waals surface area contributed by atoms with Gasteiger partial charge < -0.3 is 9.84 Å². The van der Waals surface area contributed by atoms with Crippen LogP contribution in [-0.2, 0) is 0 Å². The maximum Gasteiger partial charge on any atom is 0.128 e. The fourth-order valence-corrected chi connectivity index (χ4v) is 2.66. The first kappa shape index (κ1) is 14.6. The van der Waals surface area contributed by atoms with Crippen LogP contribution < -0.4 is 4.74 Å². The first-order valence-electron chi connectivity index (χ1n) is 5.89. The van der Waals surface area contributed by atoms with E-state index < -0.39 is 6.10 Å². The predicted molar refractivity (Wildman–Crippen MR) is 83.7 cm³/mol. The number of halogens is 2. The van der Waals surface area contributed by atoms with E-state index in [2.05, 4.69) is 31.9 Å². The third kappa shape index (κ3) is 3.59. The van der Waals surface area contributed by atoms with Crippen LogP contribution in [0.15, 0.2) is 45.3 Å². The molecule has 0 radical (unpaired) electrons. The monoisotopic (exact) mass is 384 g/mol. The van der Waals surface area contributed by atoms with Gasteiger partial charge in [0, 0.05) is 8.95 Å². The molecule has 0 bridgehead atoms. The molecule has 2 aromatic rings. The molecule has 0 heterocycles. The summed E-state index contributed by atoms with van der Waals surface area (Å²) in [5, 5.41) is 9.58. The maximum atomic E-state index is 9.58. The van der Waals surface area contributed by atoms with Crippen molar-refractivity contribution >= 4 is 31.9 Å². The average Bonchev–Trinajstić information content (AvgIpc) is 2.33. The Morgan fingerprint density at radius 1 is 1.00 bits per heavy atom. The summed E-state index contributed by atoms with van der Waals surface area (Å²) in [6.07, 6.45) is -0.502. The van der Waals surface area contributed by atoms with Crippen LogP contribution in [0.5, 0.6) is 11.5 Å². The van der Waals surface area contributed by atoms with Crippen molar-refractivity contribution in [3.63, 3.8) is 0 Å². The fraction of sp³-hybridized carbons (Fsp3) is 0.200. The molecule has 2 rings (SSSR count). The molecule has 0 spiro atoms. The molecule has 1 atom stereocenters. The lowest BCUT2D eigenvalue weighted by atomic mass is 10.1. The highest BCUT2D eigenvalue weighted by molar-refractivity contribution is 9.10. The number of aryl methyl sites for hydroxylation is 1. The Balaban J connectivity index is 2.24. The van der Waals surface area contributed by atoms with Crippen LogP contribution in [0.4, 0.5) is 0 Å². The predicted octanol–water partition coefficient (Wildman–Crippen LogP) is 5.37. The van der Waals surface area contributed by atoms with E-state index in [1.165, 1.54) is 0 Å². The van der Waals surface area contributed by atoms with Crippen LogP contribution >= 0.6 is 31.9 Å². The van der Waals surface area contributed by atoms with Crippen LogP contribution in [-0.4, -0.2) is 5.11 Å². The molecular weight excluding hydrogens is 372 g/mol. The molecule has 19 heavy (non-hydrogen) atoms. The Hall–Kier alpha value is -0.840. The molecule has 0 saturated carbocycles. The number of ether oxygens (including phenoxy) is 1. The third-order valence-corrected chi connectivity index (χ3v) is 4.36. The van der Waals surface area contributed by atoms with Gasteiger partial charge in [0.2, 0.25) is 0 Å². The molecule has 0 aromatic heterocycles. The van der Waals surface area contributed by atoms with Crippen molar-refractivity contribution in [1.29, 1.82) is 0 Å². The van der Waals surface area contributed by atoms with Gasteiger partial charge in [0.25, 0.3) is 0 Å². The van der Waals surface area contributed by atoms with Gasteiger partial charge in [-0.1, -0.05) is 37.9 Å². The van der Waals surface area contributed by atoms with Gasteiger partial charge >= 0.3 is 0 Å². The molecule has 4 heteroatoms. The van der Waals surface area contributed by atoms with Gasteiger partial charge in [0.05, 0.1) is 6.10 Å². The van der Waals surface area contributed by atoms with E-state index in [1.807, 2.05) is 43.3 Å². The zero-order valence-corrected chi connectivity index (χ0v) is 13.8. The van der Waals surface area contributed by atoms with Gasteiger partial charge in [0.15, 0.2) is 0 Å². The lowest BCUT2D eigenvalue weighted by molar-refractivity contribution is 0.198. The van der Waals surface area contributed by atoms with Crippen LogP contribution in [0.2, 0.25) is 0 Å². The average molecular weight is 386 g/mol. The number of benzene rings is 2. The number of aliphatic hydroxyl groups excluding tert-OH is 1. The Morgan fingerprint density at radius 2 is 1.63 bits per heavy atom. The molecule has 0 aliphatic carbocycles. The summed E-state index contributed by atoms with van der Waals surface area (Å²) in [5.74, 6) is 1.52. The second kappa shape index (κ2) is 6.07. The zero-order chi connectivity index (χ0) is 14.0. The van der Waals surface area contributed by atoms with E-state index in [4.69, 9.17) is 4.74 Å². The maximum absolute atomic E-state index is 9.58. The van der Waals surface area contributed by atoms with E-state index in [0.717, 1.165) is 31.6 Å². The van der Waals surface area contributed by atoms with E-state index in [9.17, 15) is 5.11 Å². The second-order valence-electron chi connectivity index (χ2n) is 4.37. The summed E-state index contributed by atoms with van der Waals surface area (Å²) in [5.41, 5.74) is 1.97. The van der Waals surface area contributed by atoms with E-state index in [0.29, 0.717) is 0 Å². The Bertz CT molecular complexity index is 595. The molecular formula is C15H14Br2O2. The van der Waals surface area contributed by atoms with Crippen molar-refractivity contribution in [2.24, 2.45) is 0 Å². The van der Waals surface area contributed by atoms with E-state index in [1.54, 1.807) is 6.92 Å². The zero-order valence-electron chi connectivity index (χ0n) is 10.7. The first-order chi connectivity index (χ1) is 8.97. The van der Waals surface area contributed by atoms with Gasteiger partial charge in [-0.05, 0) is 55.3 Å². The van der Waals surface area contributed by atoms with Crippen LogP contribution in [0.3, 0.4) is 0 Å². The molecule has 0 amide bonds. The summed E-state index contributed by atoms with van der Waals surface area (Å²) >= 11 is 6.90. The first-order valence-corrected chi connectivity index (χ1v) is 7.47. The largest absolute Gasteiger partial charge is 0.457 e. The Kier molecular flexibility index (Phi) is 4.66. The van der Waals surface area contributed by atoms with E-state index >= 15 is 0 Å². The highest BCUT2D eigenvalue weighted by Gasteiger charge is 2.08. The summed E-state index contributed by atoms with van der Waals surface area (Å²) < 4.78 is 7.70. The Morgan fingerprint density at radius 3 is 2.21 bits per heavy atom. The Labute approximate surface area is 129 Å². The standard InChI is InChI=1S/C15H14Br2O2/c1-9-7-11(4-6-14(9)16)19-12-3-5-13(10(2)18)15(17)8-12/h3-8,10,18H,1-2H3. The van der Waals surface area contributed by atoms with Gasteiger partial charge in [-0.3, -0.25) is 0 Å². The van der Waals surface area contributed by atoms with Crippen LogP contribution in [0.25, 0.3) is 0 Å². The van der Waals surface area contributed by atoms with Gasteiger partial charge in [-0.15, -0.1) is 0 Å². The number of hydrogen-bond donors (Lipinski definition) is 1. The van der Waals surface area contributed by atoms with Crippen molar-refractivity contribution in [3.05, 3.63) is 56.5 Å². The molecule has 0 aliphatic rings. The molecule has 2 nitrogen and oxygen atoms in total. The van der Waals surface area contributed by atoms with Crippen molar-refractivity contribution in [2.75, 3.05) is 0 Å². The van der Waals surface area contributed by atoms with Crippen molar-refractivity contribution in [3.8, 4) is 11.5 Å². The van der Waals surface area contributed by atoms with Crippen molar-refractivity contribution < 1.29 is 9.84 Å². The SMILES string of the molecule is Cc1cc(Oc2ccc(C(C)O)c(Br)c2)ccc1Br. The lowest BCUT2D eigenvalue weighted by Gasteiger charge is -2.11. The minimum atomic E-state index is -0.502. The number of rotatable bonds is 3.